The first kappa shape index (κ1) is 14.8. The number of aryl methyl sites for hydroxylation is 1. The number of nitrogens with zero attached hydrogens (tertiary/aromatic N) is 1. The number of benzene rings is 1. The SMILES string of the molecule is CCN(C(=O)NC1CCS(=O)(=O)C1)c1cccc(C)c1. The average Bonchev–Trinajstić information content (AvgIpc) is 2.69. The van der Waals surface area contributed by atoms with Gasteiger partial charge in [0.1, 0.15) is 0 Å². The van der Waals surface area contributed by atoms with Gasteiger partial charge in [-0.05, 0) is 38.0 Å². The molecule has 0 aliphatic carbocycles. The van der Waals surface area contributed by atoms with Crippen molar-refractivity contribution in [1.29, 1.82) is 0 Å². The van der Waals surface area contributed by atoms with Crippen LogP contribution in [0, 0.1) is 6.92 Å². The quantitative estimate of drug-likeness (QED) is 0.923. The summed E-state index contributed by atoms with van der Waals surface area (Å²) in [6.45, 7) is 4.40. The number of nitrogens with one attached hydrogen (secondary N) is 1. The molecule has 1 heterocycles. The lowest BCUT2D eigenvalue weighted by Gasteiger charge is -2.23. The smallest absolute Gasteiger partial charge is 0.322 e. The molecule has 5 nitrogen and oxygen atoms in total. The van der Waals surface area contributed by atoms with Crippen molar-refractivity contribution in [2.24, 2.45) is 0 Å². The molecule has 1 fully saturated rings. The number of hydrogen-bond acceptors (Lipinski definition) is 3. The van der Waals surface area contributed by atoms with Crippen LogP contribution in [0.3, 0.4) is 0 Å². The molecule has 0 spiro atoms. The number of rotatable bonds is 3. The molecule has 2 rings (SSSR count). The molecule has 1 aliphatic rings. The summed E-state index contributed by atoms with van der Waals surface area (Å²) in [7, 11) is -2.98. The molecule has 1 saturated heterocycles. The van der Waals surface area contributed by atoms with Crippen LogP contribution in [-0.2, 0) is 9.84 Å². The summed E-state index contributed by atoms with van der Waals surface area (Å²) >= 11 is 0. The molecule has 0 radical (unpaired) electrons. The van der Waals surface area contributed by atoms with Crippen molar-refractivity contribution in [3.05, 3.63) is 29.8 Å². The van der Waals surface area contributed by atoms with E-state index >= 15 is 0 Å². The predicted molar refractivity (Wildman–Crippen MR) is 79.8 cm³/mol. The second-order valence-corrected chi connectivity index (χ2v) is 7.36. The third kappa shape index (κ3) is 3.50. The molecule has 6 heteroatoms. The van der Waals surface area contributed by atoms with E-state index in [9.17, 15) is 13.2 Å². The summed E-state index contributed by atoms with van der Waals surface area (Å²) in [5, 5.41) is 2.81. The fourth-order valence-corrected chi connectivity index (χ4v) is 4.07. The topological polar surface area (TPSA) is 66.5 Å². The molecule has 2 amide bonds. The molecule has 0 saturated carbocycles. The Balaban J connectivity index is 2.07. The second kappa shape index (κ2) is 5.83. The molecular weight excluding hydrogens is 276 g/mol. The molecule has 0 bridgehead atoms. The molecule has 1 aromatic rings. The molecule has 1 aliphatic heterocycles. The zero-order valence-electron chi connectivity index (χ0n) is 11.8. The van der Waals surface area contributed by atoms with Gasteiger partial charge in [-0.3, -0.25) is 4.90 Å². The van der Waals surface area contributed by atoms with Crippen molar-refractivity contribution < 1.29 is 13.2 Å². The van der Waals surface area contributed by atoms with Crippen LogP contribution in [0.1, 0.15) is 18.9 Å². The monoisotopic (exact) mass is 296 g/mol. The van der Waals surface area contributed by atoms with Gasteiger partial charge >= 0.3 is 6.03 Å². The third-order valence-electron chi connectivity index (χ3n) is 3.43. The number of hydrogen-bond donors (Lipinski definition) is 1. The molecule has 0 aromatic heterocycles. The minimum atomic E-state index is -2.98. The minimum absolute atomic E-state index is 0.0457. The Kier molecular flexibility index (Phi) is 4.32. The van der Waals surface area contributed by atoms with E-state index in [1.54, 1.807) is 4.90 Å². The Bertz CT molecular complexity index is 598. The molecular formula is C14H20N2O3S. The normalized spacial score (nSPS) is 20.6. The van der Waals surface area contributed by atoms with Gasteiger partial charge < -0.3 is 5.32 Å². The highest BCUT2D eigenvalue weighted by molar-refractivity contribution is 7.91. The molecule has 1 unspecified atom stereocenters. The summed E-state index contributed by atoms with van der Waals surface area (Å²) < 4.78 is 22.8. The first-order chi connectivity index (χ1) is 9.41. The highest BCUT2D eigenvalue weighted by Crippen LogP contribution is 2.17. The number of sulfone groups is 1. The van der Waals surface area contributed by atoms with Crippen molar-refractivity contribution in [3.63, 3.8) is 0 Å². The Hall–Kier alpha value is -1.56. The molecule has 110 valence electrons. The molecule has 1 N–H and O–H groups in total. The summed E-state index contributed by atoms with van der Waals surface area (Å²) in [4.78, 5) is 13.9. The van der Waals surface area contributed by atoms with Crippen LogP contribution in [0.2, 0.25) is 0 Å². The van der Waals surface area contributed by atoms with Crippen molar-refractivity contribution in [1.82, 2.24) is 5.32 Å². The van der Waals surface area contributed by atoms with Crippen molar-refractivity contribution in [3.8, 4) is 0 Å². The van der Waals surface area contributed by atoms with E-state index in [0.29, 0.717) is 13.0 Å². The standard InChI is InChI=1S/C14H20N2O3S/c1-3-16(13-6-4-5-11(2)9-13)14(17)15-12-7-8-20(18,19)10-12/h4-6,9,12H,3,7-8,10H2,1-2H3,(H,15,17). The zero-order chi connectivity index (χ0) is 14.8. The van der Waals surface area contributed by atoms with E-state index in [1.807, 2.05) is 38.1 Å². The van der Waals surface area contributed by atoms with Crippen molar-refractivity contribution in [2.75, 3.05) is 23.0 Å². The Labute approximate surface area is 119 Å². The Morgan fingerprint density at radius 3 is 2.75 bits per heavy atom. The first-order valence-corrected chi connectivity index (χ1v) is 8.58. The van der Waals surface area contributed by atoms with Crippen molar-refractivity contribution in [2.45, 2.75) is 26.3 Å². The van der Waals surface area contributed by atoms with Gasteiger partial charge in [-0.1, -0.05) is 12.1 Å². The van der Waals surface area contributed by atoms with Crippen LogP contribution < -0.4 is 10.2 Å². The molecule has 1 aromatic carbocycles. The number of carbonyl (C=O) groups is 1. The summed E-state index contributed by atoms with van der Waals surface area (Å²) in [6.07, 6.45) is 0.499. The average molecular weight is 296 g/mol. The molecule has 1 atom stereocenters. The largest absolute Gasteiger partial charge is 0.334 e. The fourth-order valence-electron chi connectivity index (χ4n) is 2.40. The number of carbonyl (C=O) groups excluding carboxylic acids is 1. The lowest BCUT2D eigenvalue weighted by Crippen LogP contribution is -2.45. The summed E-state index contributed by atoms with van der Waals surface area (Å²) in [6, 6.07) is 7.18. The van der Waals surface area contributed by atoms with Crippen LogP contribution >= 0.6 is 0 Å². The summed E-state index contributed by atoms with van der Waals surface area (Å²) in [5.41, 5.74) is 1.91. The van der Waals surface area contributed by atoms with Crippen LogP contribution in [0.5, 0.6) is 0 Å². The Morgan fingerprint density at radius 2 is 2.20 bits per heavy atom. The maximum atomic E-state index is 12.3. The van der Waals surface area contributed by atoms with Crippen molar-refractivity contribution >= 4 is 21.6 Å². The van der Waals surface area contributed by atoms with E-state index in [2.05, 4.69) is 5.32 Å². The third-order valence-corrected chi connectivity index (χ3v) is 5.20. The van der Waals surface area contributed by atoms with Crippen LogP contribution in [-0.4, -0.2) is 38.5 Å². The maximum Gasteiger partial charge on any atom is 0.322 e. The van der Waals surface area contributed by atoms with E-state index in [1.165, 1.54) is 0 Å². The van der Waals surface area contributed by atoms with Gasteiger partial charge in [0.2, 0.25) is 0 Å². The number of amides is 2. The second-order valence-electron chi connectivity index (χ2n) is 5.13. The highest BCUT2D eigenvalue weighted by atomic mass is 32.2. The highest BCUT2D eigenvalue weighted by Gasteiger charge is 2.30. The van der Waals surface area contributed by atoms with Gasteiger partial charge in [-0.15, -0.1) is 0 Å². The van der Waals surface area contributed by atoms with Gasteiger partial charge in [0.25, 0.3) is 0 Å². The van der Waals surface area contributed by atoms with E-state index in [4.69, 9.17) is 0 Å². The van der Waals surface area contributed by atoms with Crippen LogP contribution in [0.15, 0.2) is 24.3 Å². The summed E-state index contributed by atoms with van der Waals surface area (Å²) in [5.74, 6) is 0.207. The zero-order valence-corrected chi connectivity index (χ0v) is 12.6. The minimum Gasteiger partial charge on any atom is -0.334 e. The lowest BCUT2D eigenvalue weighted by atomic mass is 10.2. The van der Waals surface area contributed by atoms with E-state index in [-0.39, 0.29) is 23.6 Å². The van der Waals surface area contributed by atoms with Gasteiger partial charge in [0.15, 0.2) is 9.84 Å². The lowest BCUT2D eigenvalue weighted by molar-refractivity contribution is 0.244. The fraction of sp³-hybridized carbons (Fsp3) is 0.500. The van der Waals surface area contributed by atoms with Gasteiger partial charge in [-0.25, -0.2) is 13.2 Å². The van der Waals surface area contributed by atoms with Gasteiger partial charge in [-0.2, -0.15) is 0 Å². The van der Waals surface area contributed by atoms with E-state index < -0.39 is 9.84 Å². The number of anilines is 1. The van der Waals surface area contributed by atoms with Crippen LogP contribution in [0.4, 0.5) is 10.5 Å². The number of urea groups is 1. The first-order valence-electron chi connectivity index (χ1n) is 6.76. The van der Waals surface area contributed by atoms with Gasteiger partial charge in [0, 0.05) is 18.3 Å². The van der Waals surface area contributed by atoms with E-state index in [0.717, 1.165) is 11.3 Å². The maximum absolute atomic E-state index is 12.3. The Morgan fingerprint density at radius 1 is 1.45 bits per heavy atom. The van der Waals surface area contributed by atoms with Gasteiger partial charge in [0.05, 0.1) is 11.5 Å². The molecule has 20 heavy (non-hydrogen) atoms. The van der Waals surface area contributed by atoms with Crippen LogP contribution in [0.25, 0.3) is 0 Å². The predicted octanol–water partition coefficient (Wildman–Crippen LogP) is 1.72.